The van der Waals surface area contributed by atoms with Crippen molar-refractivity contribution in [3.63, 3.8) is 0 Å². The van der Waals surface area contributed by atoms with Crippen LogP contribution < -0.4 is 0 Å². The third kappa shape index (κ3) is 3.35. The molecule has 5 rings (SSSR count). The van der Waals surface area contributed by atoms with Crippen molar-refractivity contribution >= 4 is 5.91 Å². The van der Waals surface area contributed by atoms with Gasteiger partial charge < -0.3 is 4.90 Å². The van der Waals surface area contributed by atoms with E-state index in [0.29, 0.717) is 24.3 Å². The number of hydrogen-bond donors (Lipinski definition) is 0. The maximum Gasteiger partial charge on any atom is 0.223 e. The van der Waals surface area contributed by atoms with E-state index in [9.17, 15) is 4.79 Å². The molecule has 5 nitrogen and oxygen atoms in total. The predicted molar refractivity (Wildman–Crippen MR) is 105 cm³/mol. The molecule has 3 fully saturated rings. The molecule has 3 saturated heterocycles. The summed E-state index contributed by atoms with van der Waals surface area (Å²) in [4.78, 5) is 18.1. The minimum absolute atomic E-state index is 0.358. The van der Waals surface area contributed by atoms with Crippen molar-refractivity contribution in [3.8, 4) is 0 Å². The molecule has 4 heterocycles. The molecule has 0 aromatic carbocycles. The molecule has 1 aliphatic carbocycles. The Labute approximate surface area is 162 Å². The summed E-state index contributed by atoms with van der Waals surface area (Å²) in [6.45, 7) is 4.26. The number of carbonyl (C=O) groups is 1. The summed E-state index contributed by atoms with van der Waals surface area (Å²) >= 11 is 0. The monoisotopic (exact) mass is 368 g/mol. The van der Waals surface area contributed by atoms with Crippen LogP contribution in [-0.2, 0) is 11.3 Å². The number of carbonyl (C=O) groups excluding carboxylic acids is 1. The molecule has 0 unspecified atom stereocenters. The minimum Gasteiger partial charge on any atom is -0.336 e. The topological polar surface area (TPSA) is 41.4 Å². The summed E-state index contributed by atoms with van der Waals surface area (Å²) in [5, 5.41) is 4.25. The van der Waals surface area contributed by atoms with Crippen molar-refractivity contribution in [3.05, 3.63) is 30.1 Å². The van der Waals surface area contributed by atoms with Crippen LogP contribution in [0.1, 0.15) is 51.4 Å². The molecule has 5 heteroatoms. The number of aryl methyl sites for hydroxylation is 1. The zero-order valence-corrected chi connectivity index (χ0v) is 16.3. The number of rotatable bonds is 4. The largest absolute Gasteiger partial charge is 0.336 e. The first-order valence-corrected chi connectivity index (χ1v) is 11.0. The van der Waals surface area contributed by atoms with Crippen molar-refractivity contribution in [2.45, 2.75) is 70.0 Å². The van der Waals surface area contributed by atoms with Crippen LogP contribution in [0.15, 0.2) is 30.1 Å². The standard InChI is InChI=1S/C22H32N4O/c27-21(8-4-11-25-12-5-9-23-25)26-13-3-6-17-14-18-15-19(22(17)26)16-24-10-2-1-7-20(18)24/h5,9,12,14,18-20,22H,1-4,6-8,10-11,13,15-16H2/t18-,19-,20+,22-/m0/s1. The Morgan fingerprint density at radius 2 is 2.19 bits per heavy atom. The van der Waals surface area contributed by atoms with Crippen molar-refractivity contribution in [1.29, 1.82) is 0 Å². The van der Waals surface area contributed by atoms with E-state index in [1.54, 1.807) is 11.8 Å². The lowest BCUT2D eigenvalue weighted by Crippen LogP contribution is -2.60. The molecule has 2 bridgehead atoms. The lowest BCUT2D eigenvalue weighted by atomic mass is 9.68. The predicted octanol–water partition coefficient (Wildman–Crippen LogP) is 3.08. The van der Waals surface area contributed by atoms with Crippen LogP contribution in [0.2, 0.25) is 0 Å². The van der Waals surface area contributed by atoms with Crippen LogP contribution >= 0.6 is 0 Å². The van der Waals surface area contributed by atoms with Gasteiger partial charge in [-0.2, -0.15) is 5.10 Å². The van der Waals surface area contributed by atoms with E-state index in [1.807, 2.05) is 16.9 Å². The van der Waals surface area contributed by atoms with Crippen LogP contribution in [0.3, 0.4) is 0 Å². The quantitative estimate of drug-likeness (QED) is 0.767. The number of likely N-dealkylation sites (tertiary alicyclic amines) is 1. The van der Waals surface area contributed by atoms with Gasteiger partial charge in [-0.25, -0.2) is 0 Å². The van der Waals surface area contributed by atoms with Gasteiger partial charge in [-0.15, -0.1) is 0 Å². The Balaban J connectivity index is 1.28. The van der Waals surface area contributed by atoms with Crippen LogP contribution in [0, 0.1) is 11.8 Å². The first kappa shape index (κ1) is 17.5. The number of amides is 1. The average Bonchev–Trinajstić information content (AvgIpc) is 3.21. The minimum atomic E-state index is 0.358. The molecular weight excluding hydrogens is 336 g/mol. The first-order chi connectivity index (χ1) is 13.3. The van der Waals surface area contributed by atoms with Gasteiger partial charge in [-0.05, 0) is 63.0 Å². The van der Waals surface area contributed by atoms with Gasteiger partial charge in [0.1, 0.15) is 0 Å². The molecule has 1 amide bonds. The van der Waals surface area contributed by atoms with E-state index < -0.39 is 0 Å². The van der Waals surface area contributed by atoms with Crippen LogP contribution in [0.25, 0.3) is 0 Å². The SMILES string of the molecule is O=C(CCCn1cccn1)N1CCCC2=C[C@H]3C[C@@H](CN4CCCC[C@H]34)[C@H]21. The molecular formula is C22H32N4O. The number of aromatic nitrogens is 2. The molecule has 0 spiro atoms. The second kappa shape index (κ2) is 7.42. The Morgan fingerprint density at radius 1 is 1.22 bits per heavy atom. The van der Waals surface area contributed by atoms with Gasteiger partial charge in [-0.3, -0.25) is 14.4 Å². The number of fused-ring (bicyclic) bond motifs is 6. The molecule has 1 aromatic heterocycles. The molecule has 0 saturated carbocycles. The lowest BCUT2D eigenvalue weighted by molar-refractivity contribution is -0.136. The highest BCUT2D eigenvalue weighted by molar-refractivity contribution is 5.77. The van der Waals surface area contributed by atoms with E-state index in [0.717, 1.165) is 37.9 Å². The number of piperidine rings is 3. The number of nitrogens with zero attached hydrogens (tertiary/aromatic N) is 4. The van der Waals surface area contributed by atoms with E-state index in [-0.39, 0.29) is 0 Å². The van der Waals surface area contributed by atoms with E-state index in [4.69, 9.17) is 0 Å². The maximum atomic E-state index is 13.1. The zero-order valence-electron chi connectivity index (χ0n) is 16.3. The first-order valence-electron chi connectivity index (χ1n) is 11.0. The molecule has 4 aliphatic rings. The fourth-order valence-corrected chi connectivity index (χ4v) is 6.22. The highest BCUT2D eigenvalue weighted by atomic mass is 16.2. The highest BCUT2D eigenvalue weighted by Crippen LogP contribution is 2.45. The Kier molecular flexibility index (Phi) is 4.80. The maximum absolute atomic E-state index is 13.1. The normalized spacial score (nSPS) is 33.2. The summed E-state index contributed by atoms with van der Waals surface area (Å²) in [5.74, 6) is 1.75. The second-order valence-electron chi connectivity index (χ2n) is 8.97. The van der Waals surface area contributed by atoms with Gasteiger partial charge in [0.25, 0.3) is 0 Å². The van der Waals surface area contributed by atoms with Crippen LogP contribution in [0.4, 0.5) is 0 Å². The van der Waals surface area contributed by atoms with E-state index >= 15 is 0 Å². The molecule has 27 heavy (non-hydrogen) atoms. The Hall–Kier alpha value is -1.62. The summed E-state index contributed by atoms with van der Waals surface area (Å²) in [7, 11) is 0. The van der Waals surface area contributed by atoms with Gasteiger partial charge in [0.2, 0.25) is 5.91 Å². The fourth-order valence-electron chi connectivity index (χ4n) is 6.22. The number of hydrogen-bond acceptors (Lipinski definition) is 3. The van der Waals surface area contributed by atoms with Gasteiger partial charge in [0, 0.05) is 44.5 Å². The second-order valence-corrected chi connectivity index (χ2v) is 8.97. The average molecular weight is 369 g/mol. The van der Waals surface area contributed by atoms with Gasteiger partial charge in [-0.1, -0.05) is 18.1 Å². The zero-order chi connectivity index (χ0) is 18.2. The van der Waals surface area contributed by atoms with Gasteiger partial charge in [0.15, 0.2) is 0 Å². The Bertz CT molecular complexity index is 697. The fraction of sp³-hybridized carbons (Fsp3) is 0.727. The summed E-state index contributed by atoms with van der Waals surface area (Å²) in [6.07, 6.45) is 15.7. The third-order valence-electron chi connectivity index (χ3n) is 7.31. The van der Waals surface area contributed by atoms with Crippen molar-refractivity contribution < 1.29 is 4.79 Å². The molecule has 0 radical (unpaired) electrons. The van der Waals surface area contributed by atoms with Crippen LogP contribution in [0.5, 0.6) is 0 Å². The highest BCUT2D eigenvalue weighted by Gasteiger charge is 2.46. The molecule has 1 aromatic rings. The summed E-state index contributed by atoms with van der Waals surface area (Å²) in [5.41, 5.74) is 1.59. The van der Waals surface area contributed by atoms with E-state index in [2.05, 4.69) is 21.0 Å². The molecule has 146 valence electrons. The van der Waals surface area contributed by atoms with Gasteiger partial charge >= 0.3 is 0 Å². The van der Waals surface area contributed by atoms with Crippen molar-refractivity contribution in [1.82, 2.24) is 19.6 Å². The third-order valence-corrected chi connectivity index (χ3v) is 7.31. The molecule has 4 atom stereocenters. The van der Waals surface area contributed by atoms with Crippen molar-refractivity contribution in [2.24, 2.45) is 11.8 Å². The summed E-state index contributed by atoms with van der Waals surface area (Å²) < 4.78 is 1.93. The molecule has 0 N–H and O–H groups in total. The Morgan fingerprint density at radius 3 is 3.07 bits per heavy atom. The smallest absolute Gasteiger partial charge is 0.223 e. The van der Waals surface area contributed by atoms with E-state index in [1.165, 1.54) is 45.2 Å². The van der Waals surface area contributed by atoms with Gasteiger partial charge in [0.05, 0.1) is 6.04 Å². The lowest BCUT2D eigenvalue weighted by Gasteiger charge is -2.54. The van der Waals surface area contributed by atoms with Crippen molar-refractivity contribution in [2.75, 3.05) is 19.6 Å². The summed E-state index contributed by atoms with van der Waals surface area (Å²) in [6, 6.07) is 3.11. The molecule has 3 aliphatic heterocycles. The van der Waals surface area contributed by atoms with Crippen LogP contribution in [-0.4, -0.2) is 57.2 Å².